The summed E-state index contributed by atoms with van der Waals surface area (Å²) in [5.74, 6) is -1.96. The second-order valence-electron chi connectivity index (χ2n) is 9.73. The second-order valence-corrected chi connectivity index (χ2v) is 10.7. The lowest BCUT2D eigenvalue weighted by Crippen LogP contribution is -2.54. The molecule has 4 N–H and O–H groups in total. The Hall–Kier alpha value is -3.86. The molecule has 0 aliphatic carbocycles. The lowest BCUT2D eigenvalue weighted by molar-refractivity contribution is -0.142. The number of aromatic nitrogens is 2. The predicted molar refractivity (Wildman–Crippen MR) is 152 cm³/mol. The number of para-hydroxylation sites is 1. The zero-order valence-corrected chi connectivity index (χ0v) is 23.0. The molecule has 11 heteroatoms. The molecule has 0 aliphatic rings. The van der Waals surface area contributed by atoms with E-state index in [2.05, 4.69) is 15.6 Å². The summed E-state index contributed by atoms with van der Waals surface area (Å²) >= 11 is 1.47. The molecule has 0 fully saturated rings. The molecule has 0 aliphatic heterocycles. The van der Waals surface area contributed by atoms with Crippen LogP contribution in [0.3, 0.4) is 0 Å². The lowest BCUT2D eigenvalue weighted by Gasteiger charge is -2.25. The number of carbonyl (C=O) groups excluding carboxylic acids is 2. The van der Waals surface area contributed by atoms with Gasteiger partial charge >= 0.3 is 11.7 Å². The summed E-state index contributed by atoms with van der Waals surface area (Å²) in [6, 6.07) is 12.0. The number of H-pyrrole nitrogens is 1. The molecular weight excluding hydrogens is 520 g/mol. The molecule has 3 rings (SSSR count). The summed E-state index contributed by atoms with van der Waals surface area (Å²) in [4.78, 5) is 67.8. The monoisotopic (exact) mass is 554 g/mol. The average Bonchev–Trinajstić information content (AvgIpc) is 2.90. The van der Waals surface area contributed by atoms with E-state index in [1.54, 1.807) is 48.5 Å². The summed E-state index contributed by atoms with van der Waals surface area (Å²) < 4.78 is 0.882. The van der Waals surface area contributed by atoms with Crippen molar-refractivity contribution in [2.24, 2.45) is 5.92 Å². The number of aliphatic carboxylic acids is 1. The zero-order valence-electron chi connectivity index (χ0n) is 22.2. The second kappa shape index (κ2) is 13.8. The number of thioether (sulfide) groups is 1. The van der Waals surface area contributed by atoms with Crippen molar-refractivity contribution in [3.8, 4) is 0 Å². The van der Waals surface area contributed by atoms with Crippen LogP contribution in [0.4, 0.5) is 0 Å². The maximum absolute atomic E-state index is 13.7. The number of benzene rings is 2. The van der Waals surface area contributed by atoms with Crippen LogP contribution in [0.5, 0.6) is 0 Å². The third kappa shape index (κ3) is 7.82. The topological polar surface area (TPSA) is 150 Å². The number of hydrogen-bond acceptors (Lipinski definition) is 6. The van der Waals surface area contributed by atoms with E-state index >= 15 is 0 Å². The zero-order chi connectivity index (χ0) is 28.5. The number of rotatable bonds is 13. The third-order valence-corrected chi connectivity index (χ3v) is 6.93. The summed E-state index contributed by atoms with van der Waals surface area (Å²) in [6.45, 7) is 3.70. The van der Waals surface area contributed by atoms with E-state index in [-0.39, 0.29) is 30.6 Å². The number of hydrogen-bond donors (Lipinski definition) is 4. The number of carbonyl (C=O) groups is 3. The van der Waals surface area contributed by atoms with Gasteiger partial charge in [0, 0.05) is 6.42 Å². The molecule has 0 radical (unpaired) electrons. The van der Waals surface area contributed by atoms with E-state index in [1.807, 2.05) is 26.2 Å². The fourth-order valence-corrected chi connectivity index (χ4v) is 4.81. The van der Waals surface area contributed by atoms with Crippen molar-refractivity contribution in [1.82, 2.24) is 20.2 Å². The fourth-order valence-electron chi connectivity index (χ4n) is 4.34. The van der Waals surface area contributed by atoms with Gasteiger partial charge in [-0.3, -0.25) is 14.4 Å². The van der Waals surface area contributed by atoms with Crippen molar-refractivity contribution in [1.29, 1.82) is 0 Å². The molecule has 3 atom stereocenters. The van der Waals surface area contributed by atoms with Gasteiger partial charge in [0.25, 0.3) is 5.56 Å². The number of nitrogens with zero attached hydrogens (tertiary/aromatic N) is 1. The molecule has 0 bridgehead atoms. The Morgan fingerprint density at radius 2 is 1.59 bits per heavy atom. The smallest absolute Gasteiger partial charge is 0.329 e. The van der Waals surface area contributed by atoms with Gasteiger partial charge in [0.2, 0.25) is 11.8 Å². The van der Waals surface area contributed by atoms with E-state index < -0.39 is 47.2 Å². The van der Waals surface area contributed by atoms with Gasteiger partial charge in [0.15, 0.2) is 0 Å². The number of fused-ring (bicyclic) bond motifs is 1. The largest absolute Gasteiger partial charge is 0.480 e. The summed E-state index contributed by atoms with van der Waals surface area (Å²) in [7, 11) is 0. The number of amides is 2. The van der Waals surface area contributed by atoms with Gasteiger partial charge in [-0.2, -0.15) is 11.8 Å². The summed E-state index contributed by atoms with van der Waals surface area (Å²) in [5, 5.41) is 15.1. The first kappa shape index (κ1) is 29.7. The molecule has 208 valence electrons. The fraction of sp³-hybridized carbons (Fsp3) is 0.393. The molecule has 3 aromatic rings. The standard InChI is InChI=1S/C28H34N4O6S/c1-17(2)15-22(27(36)37)30-24(33)21(13-14-39-3)29-25(34)23(16-18-9-5-4-6-10-18)32-26(35)19-11-7-8-12-20(19)31-28(32)38/h4-12,17,21-23H,13-16H2,1-3H3,(H,29,34)(H,30,33)(H,31,38)(H,36,37)/t21-,22+,23-/m0/s1. The normalized spacial score (nSPS) is 13.5. The minimum Gasteiger partial charge on any atom is -0.480 e. The molecule has 1 heterocycles. The van der Waals surface area contributed by atoms with Gasteiger partial charge in [-0.15, -0.1) is 0 Å². The van der Waals surface area contributed by atoms with Crippen LogP contribution in [0.2, 0.25) is 0 Å². The molecule has 0 saturated carbocycles. The van der Waals surface area contributed by atoms with Crippen LogP contribution in [0.25, 0.3) is 10.9 Å². The van der Waals surface area contributed by atoms with E-state index in [0.717, 1.165) is 4.57 Å². The van der Waals surface area contributed by atoms with Crippen molar-refractivity contribution in [3.63, 3.8) is 0 Å². The maximum Gasteiger partial charge on any atom is 0.329 e. The van der Waals surface area contributed by atoms with Crippen LogP contribution in [0, 0.1) is 5.92 Å². The molecule has 2 amide bonds. The van der Waals surface area contributed by atoms with Crippen LogP contribution in [0.15, 0.2) is 64.2 Å². The summed E-state index contributed by atoms with van der Waals surface area (Å²) in [6.07, 6.45) is 2.33. The van der Waals surface area contributed by atoms with E-state index in [4.69, 9.17) is 0 Å². The quantitative estimate of drug-likeness (QED) is 0.253. The Bertz CT molecular complexity index is 1420. The maximum atomic E-state index is 13.7. The average molecular weight is 555 g/mol. The van der Waals surface area contributed by atoms with Gasteiger partial charge in [0.1, 0.15) is 18.1 Å². The molecule has 1 aromatic heterocycles. The van der Waals surface area contributed by atoms with Gasteiger partial charge in [-0.05, 0) is 48.5 Å². The van der Waals surface area contributed by atoms with Crippen LogP contribution in [-0.2, 0) is 20.8 Å². The van der Waals surface area contributed by atoms with Crippen LogP contribution in [-0.4, -0.2) is 56.5 Å². The highest BCUT2D eigenvalue weighted by atomic mass is 32.2. The van der Waals surface area contributed by atoms with E-state index in [1.165, 1.54) is 11.8 Å². The number of carboxylic acid groups (broad SMARTS) is 1. The highest BCUT2D eigenvalue weighted by molar-refractivity contribution is 7.98. The van der Waals surface area contributed by atoms with Crippen LogP contribution in [0.1, 0.15) is 38.3 Å². The molecule has 10 nitrogen and oxygen atoms in total. The highest BCUT2D eigenvalue weighted by Crippen LogP contribution is 2.15. The Morgan fingerprint density at radius 3 is 2.23 bits per heavy atom. The Balaban J connectivity index is 1.99. The third-order valence-electron chi connectivity index (χ3n) is 6.29. The lowest BCUT2D eigenvalue weighted by atomic mass is 10.0. The number of aromatic amines is 1. The summed E-state index contributed by atoms with van der Waals surface area (Å²) in [5.41, 5.74) is -0.309. The molecule has 0 spiro atoms. The van der Waals surface area contributed by atoms with Crippen LogP contribution < -0.4 is 21.9 Å². The van der Waals surface area contributed by atoms with E-state index in [0.29, 0.717) is 16.8 Å². The van der Waals surface area contributed by atoms with E-state index in [9.17, 15) is 29.1 Å². The minimum absolute atomic E-state index is 0.0207. The van der Waals surface area contributed by atoms with Crippen molar-refractivity contribution in [3.05, 3.63) is 81.0 Å². The van der Waals surface area contributed by atoms with Gasteiger partial charge in [0.05, 0.1) is 10.9 Å². The van der Waals surface area contributed by atoms with Crippen molar-refractivity contribution < 1.29 is 19.5 Å². The first-order valence-corrected chi connectivity index (χ1v) is 14.1. The molecule has 0 unspecified atom stereocenters. The number of carboxylic acids is 1. The first-order valence-electron chi connectivity index (χ1n) is 12.7. The minimum atomic E-state index is -1.26. The van der Waals surface area contributed by atoms with Gasteiger partial charge < -0.3 is 20.7 Å². The molecule has 39 heavy (non-hydrogen) atoms. The van der Waals surface area contributed by atoms with Crippen molar-refractivity contribution in [2.45, 2.75) is 51.2 Å². The van der Waals surface area contributed by atoms with Gasteiger partial charge in [-0.1, -0.05) is 56.3 Å². The molecule has 0 saturated heterocycles. The Kier molecular flexibility index (Phi) is 10.5. The molecule has 2 aromatic carbocycles. The highest BCUT2D eigenvalue weighted by Gasteiger charge is 2.31. The van der Waals surface area contributed by atoms with Crippen molar-refractivity contribution >= 4 is 40.4 Å². The Labute approximate surface area is 230 Å². The predicted octanol–water partition coefficient (Wildman–Crippen LogP) is 2.33. The van der Waals surface area contributed by atoms with Gasteiger partial charge in [-0.25, -0.2) is 14.2 Å². The molecular formula is C28H34N4O6S. The van der Waals surface area contributed by atoms with Crippen LogP contribution >= 0.6 is 11.8 Å². The number of nitrogens with one attached hydrogen (secondary N) is 3. The van der Waals surface area contributed by atoms with Crippen molar-refractivity contribution in [2.75, 3.05) is 12.0 Å². The first-order chi connectivity index (χ1) is 18.6. The SMILES string of the molecule is CSCC[C@H](NC(=O)[C@H](Cc1ccccc1)n1c(=O)[nH]c2ccccc2c1=O)C(=O)N[C@H](CC(C)C)C(=O)O. The Morgan fingerprint density at radius 1 is 0.949 bits per heavy atom.